The molecular formula is C14H21BrN2O2. The minimum absolute atomic E-state index is 0.0131. The highest BCUT2D eigenvalue weighted by molar-refractivity contribution is 9.10. The van der Waals surface area contributed by atoms with Gasteiger partial charge in [0, 0.05) is 17.1 Å². The molecule has 1 atom stereocenters. The maximum atomic E-state index is 12.2. The molecule has 0 saturated carbocycles. The van der Waals surface area contributed by atoms with Crippen molar-refractivity contribution in [3.05, 3.63) is 28.2 Å². The van der Waals surface area contributed by atoms with Gasteiger partial charge in [0.25, 0.3) is 5.91 Å². The molecule has 0 radical (unpaired) electrons. The van der Waals surface area contributed by atoms with E-state index in [2.05, 4.69) is 35.1 Å². The van der Waals surface area contributed by atoms with Crippen molar-refractivity contribution in [3.63, 3.8) is 0 Å². The van der Waals surface area contributed by atoms with Gasteiger partial charge < -0.3 is 15.8 Å². The van der Waals surface area contributed by atoms with Crippen LogP contribution in [-0.4, -0.2) is 25.6 Å². The highest BCUT2D eigenvalue weighted by Gasteiger charge is 2.17. The van der Waals surface area contributed by atoms with Crippen LogP contribution in [-0.2, 0) is 0 Å². The Hall–Kier alpha value is -1.07. The number of hydrogen-bond acceptors (Lipinski definition) is 3. The number of benzene rings is 1. The summed E-state index contributed by atoms with van der Waals surface area (Å²) in [6.07, 6.45) is 0.862. The number of carbonyl (C=O) groups excluding carboxylic acids is 1. The SMILES string of the molecule is COc1cc(Br)ccc1C(=O)NC(CN)CC(C)C. The monoisotopic (exact) mass is 328 g/mol. The molecule has 1 amide bonds. The van der Waals surface area contributed by atoms with Gasteiger partial charge in [0.2, 0.25) is 0 Å². The van der Waals surface area contributed by atoms with Crippen molar-refractivity contribution in [1.82, 2.24) is 5.32 Å². The predicted octanol–water partition coefficient (Wildman–Crippen LogP) is 2.56. The first kappa shape index (κ1) is 16.0. The van der Waals surface area contributed by atoms with Crippen molar-refractivity contribution in [2.24, 2.45) is 11.7 Å². The van der Waals surface area contributed by atoms with Crippen LogP contribution in [0, 0.1) is 5.92 Å². The first-order valence-electron chi connectivity index (χ1n) is 6.32. The van der Waals surface area contributed by atoms with Crippen molar-refractivity contribution < 1.29 is 9.53 Å². The summed E-state index contributed by atoms with van der Waals surface area (Å²) in [6, 6.07) is 5.31. The van der Waals surface area contributed by atoms with Crippen LogP contribution in [0.15, 0.2) is 22.7 Å². The van der Waals surface area contributed by atoms with E-state index in [1.54, 1.807) is 19.2 Å². The van der Waals surface area contributed by atoms with E-state index in [-0.39, 0.29) is 11.9 Å². The van der Waals surface area contributed by atoms with E-state index in [1.807, 2.05) is 6.07 Å². The predicted molar refractivity (Wildman–Crippen MR) is 80.5 cm³/mol. The fourth-order valence-corrected chi connectivity index (χ4v) is 2.24. The highest BCUT2D eigenvalue weighted by Crippen LogP contribution is 2.23. The Kier molecular flexibility index (Phi) is 6.31. The molecule has 0 fully saturated rings. The van der Waals surface area contributed by atoms with Gasteiger partial charge in [0.05, 0.1) is 12.7 Å². The minimum atomic E-state index is -0.152. The van der Waals surface area contributed by atoms with Gasteiger partial charge in [-0.15, -0.1) is 0 Å². The Morgan fingerprint density at radius 3 is 2.68 bits per heavy atom. The van der Waals surface area contributed by atoms with E-state index in [0.717, 1.165) is 10.9 Å². The van der Waals surface area contributed by atoms with Crippen molar-refractivity contribution >= 4 is 21.8 Å². The third-order valence-corrected chi connectivity index (χ3v) is 3.28. The molecule has 1 aromatic carbocycles. The summed E-state index contributed by atoms with van der Waals surface area (Å²) in [5, 5.41) is 2.95. The van der Waals surface area contributed by atoms with Crippen LogP contribution >= 0.6 is 15.9 Å². The number of carbonyl (C=O) groups is 1. The lowest BCUT2D eigenvalue weighted by Crippen LogP contribution is -2.41. The smallest absolute Gasteiger partial charge is 0.255 e. The quantitative estimate of drug-likeness (QED) is 0.843. The van der Waals surface area contributed by atoms with Crippen LogP contribution in [0.3, 0.4) is 0 Å². The molecular weight excluding hydrogens is 308 g/mol. The molecule has 4 nitrogen and oxygen atoms in total. The van der Waals surface area contributed by atoms with Gasteiger partial charge in [-0.3, -0.25) is 4.79 Å². The van der Waals surface area contributed by atoms with Gasteiger partial charge in [0.1, 0.15) is 5.75 Å². The molecule has 0 heterocycles. The summed E-state index contributed by atoms with van der Waals surface area (Å²) in [7, 11) is 1.55. The summed E-state index contributed by atoms with van der Waals surface area (Å²) in [4.78, 5) is 12.2. The molecule has 1 rings (SSSR count). The van der Waals surface area contributed by atoms with Gasteiger partial charge in [0.15, 0.2) is 0 Å². The van der Waals surface area contributed by atoms with Crippen LogP contribution in [0.4, 0.5) is 0 Å². The number of amides is 1. The van der Waals surface area contributed by atoms with Gasteiger partial charge >= 0.3 is 0 Å². The lowest BCUT2D eigenvalue weighted by atomic mass is 10.0. The molecule has 0 aliphatic heterocycles. The Bertz CT molecular complexity index is 435. The molecule has 19 heavy (non-hydrogen) atoms. The maximum Gasteiger partial charge on any atom is 0.255 e. The van der Waals surface area contributed by atoms with Gasteiger partial charge in [-0.1, -0.05) is 29.8 Å². The van der Waals surface area contributed by atoms with Crippen LogP contribution in [0.25, 0.3) is 0 Å². The van der Waals surface area contributed by atoms with Crippen LogP contribution in [0.1, 0.15) is 30.6 Å². The largest absolute Gasteiger partial charge is 0.496 e. The Morgan fingerprint density at radius 1 is 1.47 bits per heavy atom. The summed E-state index contributed by atoms with van der Waals surface area (Å²) in [6.45, 7) is 4.65. The van der Waals surface area contributed by atoms with Crippen molar-refractivity contribution in [1.29, 1.82) is 0 Å². The molecule has 1 aromatic rings. The van der Waals surface area contributed by atoms with Crippen molar-refractivity contribution in [2.45, 2.75) is 26.3 Å². The lowest BCUT2D eigenvalue weighted by molar-refractivity contribution is 0.0930. The first-order chi connectivity index (χ1) is 8.97. The Morgan fingerprint density at radius 2 is 2.16 bits per heavy atom. The van der Waals surface area contributed by atoms with Crippen LogP contribution < -0.4 is 15.8 Å². The zero-order valence-electron chi connectivity index (χ0n) is 11.6. The normalized spacial score (nSPS) is 12.3. The van der Waals surface area contributed by atoms with Crippen LogP contribution in [0.2, 0.25) is 0 Å². The number of rotatable bonds is 6. The number of ether oxygens (including phenoxy) is 1. The Balaban J connectivity index is 2.82. The standard InChI is InChI=1S/C14H21BrN2O2/c1-9(2)6-11(8-16)17-14(18)12-5-4-10(15)7-13(12)19-3/h4-5,7,9,11H,6,8,16H2,1-3H3,(H,17,18). The summed E-state index contributed by atoms with van der Waals surface area (Å²) < 4.78 is 6.10. The summed E-state index contributed by atoms with van der Waals surface area (Å²) >= 11 is 3.35. The lowest BCUT2D eigenvalue weighted by Gasteiger charge is -2.19. The van der Waals surface area contributed by atoms with E-state index in [1.165, 1.54) is 0 Å². The van der Waals surface area contributed by atoms with E-state index >= 15 is 0 Å². The number of methoxy groups -OCH3 is 1. The fourth-order valence-electron chi connectivity index (χ4n) is 1.90. The van der Waals surface area contributed by atoms with E-state index in [4.69, 9.17) is 10.5 Å². The molecule has 0 spiro atoms. The molecule has 5 heteroatoms. The summed E-state index contributed by atoms with van der Waals surface area (Å²) in [5.74, 6) is 0.883. The number of hydrogen-bond donors (Lipinski definition) is 2. The van der Waals surface area contributed by atoms with Gasteiger partial charge in [-0.25, -0.2) is 0 Å². The molecule has 0 aliphatic rings. The number of nitrogens with two attached hydrogens (primary N) is 1. The second kappa shape index (κ2) is 7.50. The van der Waals surface area contributed by atoms with Crippen molar-refractivity contribution in [2.75, 3.05) is 13.7 Å². The average Bonchev–Trinajstić information content (AvgIpc) is 2.36. The second-order valence-corrected chi connectivity index (χ2v) is 5.80. The van der Waals surface area contributed by atoms with Crippen molar-refractivity contribution in [3.8, 4) is 5.75 Å². The molecule has 0 bridgehead atoms. The minimum Gasteiger partial charge on any atom is -0.496 e. The van der Waals surface area contributed by atoms with Gasteiger partial charge in [-0.2, -0.15) is 0 Å². The van der Waals surface area contributed by atoms with E-state index < -0.39 is 0 Å². The number of nitrogens with one attached hydrogen (secondary N) is 1. The van der Waals surface area contributed by atoms with Gasteiger partial charge in [-0.05, 0) is 30.5 Å². The third kappa shape index (κ3) is 4.84. The molecule has 3 N–H and O–H groups in total. The molecule has 0 saturated heterocycles. The number of halogens is 1. The third-order valence-electron chi connectivity index (χ3n) is 2.78. The Labute approximate surface area is 122 Å². The zero-order chi connectivity index (χ0) is 14.4. The van der Waals surface area contributed by atoms with Crippen LogP contribution in [0.5, 0.6) is 5.75 Å². The molecule has 0 aliphatic carbocycles. The highest BCUT2D eigenvalue weighted by atomic mass is 79.9. The zero-order valence-corrected chi connectivity index (χ0v) is 13.2. The maximum absolute atomic E-state index is 12.2. The topological polar surface area (TPSA) is 64.3 Å². The van der Waals surface area contributed by atoms with E-state index in [0.29, 0.717) is 23.8 Å². The fraction of sp³-hybridized carbons (Fsp3) is 0.500. The average molecular weight is 329 g/mol. The second-order valence-electron chi connectivity index (χ2n) is 4.88. The summed E-state index contributed by atoms with van der Waals surface area (Å²) in [5.41, 5.74) is 6.21. The molecule has 1 unspecified atom stereocenters. The first-order valence-corrected chi connectivity index (χ1v) is 7.11. The molecule has 106 valence electrons. The molecule has 0 aromatic heterocycles. The van der Waals surface area contributed by atoms with E-state index in [9.17, 15) is 4.79 Å².